The van der Waals surface area contributed by atoms with E-state index in [2.05, 4.69) is 0 Å². The zero-order valence-electron chi connectivity index (χ0n) is 9.67. The lowest BCUT2D eigenvalue weighted by Crippen LogP contribution is -1.98. The van der Waals surface area contributed by atoms with Gasteiger partial charge in [0.05, 0.1) is 19.1 Å². The fraction of sp³-hybridized carbons (Fsp3) is 0.273. The number of hydrogen-bond acceptors (Lipinski definition) is 5. The summed E-state index contributed by atoms with van der Waals surface area (Å²) in [4.78, 5) is 10.4. The number of nitrogens with zero attached hydrogens (tertiary/aromatic N) is 1. The summed E-state index contributed by atoms with van der Waals surface area (Å²) in [5, 5.41) is 10.9. The Balaban J connectivity index is 3.34. The summed E-state index contributed by atoms with van der Waals surface area (Å²) in [6, 6.07) is 3.06. The Bertz CT molecular complexity index is 443. The molecule has 0 spiro atoms. The molecule has 1 aromatic carbocycles. The highest BCUT2D eigenvalue weighted by atomic mass is 16.6. The highest BCUT2D eigenvalue weighted by molar-refractivity contribution is 5.65. The van der Waals surface area contributed by atoms with Gasteiger partial charge in [-0.1, -0.05) is 12.2 Å². The number of rotatable bonds is 5. The minimum absolute atomic E-state index is 0.113. The Morgan fingerprint density at radius 2 is 2.12 bits per heavy atom. The Morgan fingerprint density at radius 3 is 2.59 bits per heavy atom. The van der Waals surface area contributed by atoms with Crippen LogP contribution in [0.4, 0.5) is 5.69 Å². The number of ether oxygens (including phenoxy) is 2. The van der Waals surface area contributed by atoms with Crippen molar-refractivity contribution >= 4 is 11.8 Å². The summed E-state index contributed by atoms with van der Waals surface area (Å²) in [5.74, 6) is 0.431. The summed E-state index contributed by atoms with van der Waals surface area (Å²) in [5.41, 5.74) is 5.83. The van der Waals surface area contributed by atoms with Crippen LogP contribution in [0.3, 0.4) is 0 Å². The average molecular weight is 238 g/mol. The van der Waals surface area contributed by atoms with Crippen LogP contribution in [0.5, 0.6) is 11.5 Å². The molecule has 17 heavy (non-hydrogen) atoms. The molecule has 0 unspecified atom stereocenters. The standard InChI is InChI=1S/C11H14N2O4/c1-16-10-7-8(4-3-5-12)6-9(13(14)15)11(10)17-2/h3-4,6-7H,5,12H2,1-2H3/b4-3+. The zero-order valence-corrected chi connectivity index (χ0v) is 9.67. The first-order valence-corrected chi connectivity index (χ1v) is 4.91. The molecule has 2 N–H and O–H groups in total. The smallest absolute Gasteiger partial charge is 0.315 e. The number of methoxy groups -OCH3 is 2. The molecule has 0 radical (unpaired) electrons. The molecule has 1 aromatic rings. The van der Waals surface area contributed by atoms with E-state index in [1.165, 1.54) is 20.3 Å². The Hall–Kier alpha value is -2.08. The minimum atomic E-state index is -0.513. The van der Waals surface area contributed by atoms with Crippen molar-refractivity contribution in [2.24, 2.45) is 5.73 Å². The summed E-state index contributed by atoms with van der Waals surface area (Å²) in [6.07, 6.45) is 3.39. The van der Waals surface area contributed by atoms with Crippen LogP contribution >= 0.6 is 0 Å². The van der Waals surface area contributed by atoms with Gasteiger partial charge in [-0.15, -0.1) is 0 Å². The van der Waals surface area contributed by atoms with Crippen LogP contribution in [-0.4, -0.2) is 25.7 Å². The van der Waals surface area contributed by atoms with E-state index in [4.69, 9.17) is 15.2 Å². The Labute approximate surface area is 98.8 Å². The summed E-state index contributed by atoms with van der Waals surface area (Å²) < 4.78 is 10.0. The predicted octanol–water partition coefficient (Wildman–Crippen LogP) is 1.58. The molecule has 0 aromatic heterocycles. The monoisotopic (exact) mass is 238 g/mol. The van der Waals surface area contributed by atoms with Gasteiger partial charge in [0, 0.05) is 12.6 Å². The lowest BCUT2D eigenvalue weighted by Gasteiger charge is -2.08. The molecule has 0 fully saturated rings. The average Bonchev–Trinajstić information content (AvgIpc) is 2.34. The van der Waals surface area contributed by atoms with Gasteiger partial charge in [0.1, 0.15) is 0 Å². The van der Waals surface area contributed by atoms with Gasteiger partial charge in [-0.2, -0.15) is 0 Å². The van der Waals surface area contributed by atoms with E-state index >= 15 is 0 Å². The van der Waals surface area contributed by atoms with E-state index in [0.29, 0.717) is 17.9 Å². The van der Waals surface area contributed by atoms with Crippen LogP contribution in [0, 0.1) is 10.1 Å². The van der Waals surface area contributed by atoms with Crippen molar-refractivity contribution in [2.45, 2.75) is 0 Å². The van der Waals surface area contributed by atoms with Crippen LogP contribution in [-0.2, 0) is 0 Å². The molecule has 92 valence electrons. The third kappa shape index (κ3) is 2.94. The van der Waals surface area contributed by atoms with Crippen molar-refractivity contribution in [3.8, 4) is 11.5 Å². The number of hydrogen-bond donors (Lipinski definition) is 1. The highest BCUT2D eigenvalue weighted by Crippen LogP contribution is 2.38. The second-order valence-corrected chi connectivity index (χ2v) is 3.17. The molecule has 0 bridgehead atoms. The van der Waals surface area contributed by atoms with Crippen LogP contribution < -0.4 is 15.2 Å². The van der Waals surface area contributed by atoms with Crippen molar-refractivity contribution in [2.75, 3.05) is 20.8 Å². The fourth-order valence-corrected chi connectivity index (χ4v) is 1.40. The minimum Gasteiger partial charge on any atom is -0.493 e. The maximum absolute atomic E-state index is 10.9. The molecular formula is C11H14N2O4. The second-order valence-electron chi connectivity index (χ2n) is 3.17. The van der Waals surface area contributed by atoms with Crippen LogP contribution in [0.25, 0.3) is 6.08 Å². The van der Waals surface area contributed by atoms with E-state index in [9.17, 15) is 10.1 Å². The van der Waals surface area contributed by atoms with Crippen molar-refractivity contribution in [1.82, 2.24) is 0 Å². The van der Waals surface area contributed by atoms with Crippen molar-refractivity contribution in [3.05, 3.63) is 33.9 Å². The van der Waals surface area contributed by atoms with Gasteiger partial charge < -0.3 is 15.2 Å². The van der Waals surface area contributed by atoms with Gasteiger partial charge in [-0.3, -0.25) is 10.1 Å². The lowest BCUT2D eigenvalue weighted by molar-refractivity contribution is -0.385. The molecule has 0 saturated heterocycles. The van der Waals surface area contributed by atoms with E-state index in [1.54, 1.807) is 18.2 Å². The first kappa shape index (κ1) is 13.0. The molecule has 6 heteroatoms. The summed E-state index contributed by atoms with van der Waals surface area (Å²) >= 11 is 0. The van der Waals surface area contributed by atoms with Crippen LogP contribution in [0.15, 0.2) is 18.2 Å². The van der Waals surface area contributed by atoms with Gasteiger partial charge in [0.15, 0.2) is 5.75 Å². The Morgan fingerprint density at radius 1 is 1.41 bits per heavy atom. The normalized spacial score (nSPS) is 10.5. The second kappa shape index (κ2) is 5.86. The van der Waals surface area contributed by atoms with Crippen molar-refractivity contribution in [3.63, 3.8) is 0 Å². The first-order valence-electron chi connectivity index (χ1n) is 4.91. The number of nitro groups is 1. The van der Waals surface area contributed by atoms with Gasteiger partial charge in [-0.05, 0) is 11.6 Å². The molecular weight excluding hydrogens is 224 g/mol. The molecule has 0 heterocycles. The quantitative estimate of drug-likeness (QED) is 0.621. The van der Waals surface area contributed by atoms with E-state index in [1.807, 2.05) is 0 Å². The SMILES string of the molecule is COc1cc(/C=C/CN)cc([N+](=O)[O-])c1OC. The highest BCUT2D eigenvalue weighted by Gasteiger charge is 2.20. The molecule has 0 aliphatic carbocycles. The third-order valence-corrected chi connectivity index (χ3v) is 2.12. The maximum atomic E-state index is 10.9. The van der Waals surface area contributed by atoms with Crippen LogP contribution in [0.2, 0.25) is 0 Å². The zero-order chi connectivity index (χ0) is 12.8. The van der Waals surface area contributed by atoms with E-state index in [-0.39, 0.29) is 11.4 Å². The van der Waals surface area contributed by atoms with Gasteiger partial charge in [0.25, 0.3) is 0 Å². The fourth-order valence-electron chi connectivity index (χ4n) is 1.40. The van der Waals surface area contributed by atoms with Crippen molar-refractivity contribution < 1.29 is 14.4 Å². The molecule has 0 saturated carbocycles. The first-order chi connectivity index (χ1) is 8.13. The van der Waals surface area contributed by atoms with E-state index in [0.717, 1.165) is 0 Å². The molecule has 6 nitrogen and oxygen atoms in total. The number of nitrogens with two attached hydrogens (primary N) is 1. The number of benzene rings is 1. The molecule has 0 aliphatic heterocycles. The topological polar surface area (TPSA) is 87.6 Å². The maximum Gasteiger partial charge on any atom is 0.315 e. The molecule has 0 amide bonds. The van der Waals surface area contributed by atoms with E-state index < -0.39 is 4.92 Å². The molecule has 0 aliphatic rings. The molecule has 0 atom stereocenters. The summed E-state index contributed by atoms with van der Waals surface area (Å²) in [6.45, 7) is 0.363. The lowest BCUT2D eigenvalue weighted by atomic mass is 10.1. The third-order valence-electron chi connectivity index (χ3n) is 2.12. The van der Waals surface area contributed by atoms with Gasteiger partial charge in [0.2, 0.25) is 5.75 Å². The number of nitro benzene ring substituents is 1. The van der Waals surface area contributed by atoms with Gasteiger partial charge >= 0.3 is 5.69 Å². The summed E-state index contributed by atoms with van der Waals surface area (Å²) in [7, 11) is 2.79. The molecule has 1 rings (SSSR count). The van der Waals surface area contributed by atoms with Crippen LogP contribution in [0.1, 0.15) is 5.56 Å². The van der Waals surface area contributed by atoms with Gasteiger partial charge in [-0.25, -0.2) is 0 Å². The largest absolute Gasteiger partial charge is 0.493 e. The Kier molecular flexibility index (Phi) is 4.47. The predicted molar refractivity (Wildman–Crippen MR) is 64.3 cm³/mol. The van der Waals surface area contributed by atoms with Crippen molar-refractivity contribution in [1.29, 1.82) is 0 Å².